The van der Waals surface area contributed by atoms with Gasteiger partial charge in [-0.15, -0.1) is 0 Å². The third kappa shape index (κ3) is 2.53. The van der Waals surface area contributed by atoms with E-state index in [9.17, 15) is 5.11 Å². The van der Waals surface area contributed by atoms with Crippen molar-refractivity contribution < 1.29 is 5.11 Å². The van der Waals surface area contributed by atoms with Gasteiger partial charge in [-0.1, -0.05) is 6.92 Å². The van der Waals surface area contributed by atoms with Crippen LogP contribution in [0.2, 0.25) is 0 Å². The fourth-order valence-corrected chi connectivity index (χ4v) is 1.89. The second-order valence-corrected chi connectivity index (χ2v) is 4.10. The molecule has 0 fully saturated rings. The van der Waals surface area contributed by atoms with Crippen molar-refractivity contribution in [3.8, 4) is 5.82 Å². The number of rotatable bonds is 4. The van der Waals surface area contributed by atoms with Gasteiger partial charge in [0.25, 0.3) is 0 Å². The molecule has 2 aromatic rings. The van der Waals surface area contributed by atoms with Crippen LogP contribution in [0.15, 0.2) is 24.5 Å². The maximum Gasteiger partial charge on any atom is 0.138 e. The molecular formula is C13H17N3O. The summed E-state index contributed by atoms with van der Waals surface area (Å²) in [5, 5.41) is 9.20. The molecule has 0 bridgehead atoms. The maximum absolute atomic E-state index is 9.20. The van der Waals surface area contributed by atoms with Gasteiger partial charge < -0.3 is 5.11 Å². The van der Waals surface area contributed by atoms with E-state index in [4.69, 9.17) is 0 Å². The highest BCUT2D eigenvalue weighted by Crippen LogP contribution is 2.13. The van der Waals surface area contributed by atoms with Crippen LogP contribution in [-0.4, -0.2) is 19.6 Å². The Labute approximate surface area is 101 Å². The molecule has 0 aliphatic heterocycles. The Morgan fingerprint density at radius 3 is 2.88 bits per heavy atom. The average molecular weight is 231 g/mol. The molecule has 4 nitrogen and oxygen atoms in total. The second kappa shape index (κ2) is 5.10. The molecule has 0 aromatic carbocycles. The van der Waals surface area contributed by atoms with Gasteiger partial charge in [0.05, 0.1) is 6.61 Å². The fourth-order valence-electron chi connectivity index (χ4n) is 1.89. The van der Waals surface area contributed by atoms with Crippen molar-refractivity contribution in [2.75, 3.05) is 0 Å². The molecule has 4 heteroatoms. The van der Waals surface area contributed by atoms with Crippen LogP contribution in [0, 0.1) is 6.92 Å². The fraction of sp³-hybridized carbons (Fsp3) is 0.385. The number of hydrogen-bond donors (Lipinski definition) is 1. The van der Waals surface area contributed by atoms with Crippen LogP contribution in [0.1, 0.15) is 30.4 Å². The summed E-state index contributed by atoms with van der Waals surface area (Å²) in [7, 11) is 0. The van der Waals surface area contributed by atoms with Crippen LogP contribution in [0.4, 0.5) is 0 Å². The van der Waals surface area contributed by atoms with Gasteiger partial charge in [0.15, 0.2) is 0 Å². The molecule has 0 radical (unpaired) electrons. The first-order chi connectivity index (χ1) is 8.24. The summed E-state index contributed by atoms with van der Waals surface area (Å²) in [6.45, 7) is 4.09. The van der Waals surface area contributed by atoms with E-state index in [-0.39, 0.29) is 6.61 Å². The summed E-state index contributed by atoms with van der Waals surface area (Å²) in [6.07, 6.45) is 5.67. The number of hydrogen-bond acceptors (Lipinski definition) is 3. The largest absolute Gasteiger partial charge is 0.392 e. The number of nitrogens with zero attached hydrogens (tertiary/aromatic N) is 3. The Bertz CT molecular complexity index is 505. The molecule has 0 saturated carbocycles. The quantitative estimate of drug-likeness (QED) is 0.875. The summed E-state index contributed by atoms with van der Waals surface area (Å²) >= 11 is 0. The number of aromatic nitrogens is 3. The van der Waals surface area contributed by atoms with Crippen molar-refractivity contribution in [2.45, 2.75) is 33.3 Å². The van der Waals surface area contributed by atoms with Crippen LogP contribution in [0.5, 0.6) is 0 Å². The number of pyridine rings is 1. The first-order valence-electron chi connectivity index (χ1n) is 5.85. The lowest BCUT2D eigenvalue weighted by Gasteiger charge is -2.08. The van der Waals surface area contributed by atoms with Crippen LogP contribution >= 0.6 is 0 Å². The minimum Gasteiger partial charge on any atom is -0.392 e. The lowest BCUT2D eigenvalue weighted by molar-refractivity contribution is 0.281. The molecule has 0 unspecified atom stereocenters. The van der Waals surface area contributed by atoms with Crippen molar-refractivity contribution in [3.63, 3.8) is 0 Å². The van der Waals surface area contributed by atoms with Gasteiger partial charge in [-0.05, 0) is 31.0 Å². The highest BCUT2D eigenvalue weighted by molar-refractivity contribution is 5.31. The normalized spacial score (nSPS) is 10.8. The van der Waals surface area contributed by atoms with E-state index in [1.165, 1.54) is 0 Å². The Morgan fingerprint density at radius 1 is 1.35 bits per heavy atom. The number of aliphatic hydroxyl groups excluding tert-OH is 1. The smallest absolute Gasteiger partial charge is 0.138 e. The summed E-state index contributed by atoms with van der Waals surface area (Å²) < 4.78 is 1.98. The predicted octanol–water partition coefficient (Wildman–Crippen LogP) is 2.02. The minimum absolute atomic E-state index is 0.0359. The monoisotopic (exact) mass is 231 g/mol. The minimum atomic E-state index is 0.0359. The average Bonchev–Trinajstić information content (AvgIpc) is 2.77. The molecule has 2 rings (SSSR count). The lowest BCUT2D eigenvalue weighted by atomic mass is 10.2. The number of aryl methyl sites for hydroxylation is 2. The molecule has 0 aliphatic rings. The van der Waals surface area contributed by atoms with Gasteiger partial charge in [-0.3, -0.25) is 4.57 Å². The SMILES string of the molecule is CCCc1nccn1-c1cc(CO)cc(C)n1. The summed E-state index contributed by atoms with van der Waals surface area (Å²) in [5.74, 6) is 1.84. The van der Waals surface area contributed by atoms with E-state index >= 15 is 0 Å². The molecule has 0 atom stereocenters. The van der Waals surface area contributed by atoms with Gasteiger partial charge in [0.2, 0.25) is 0 Å². The number of imidazole rings is 1. The van der Waals surface area contributed by atoms with E-state index in [0.29, 0.717) is 0 Å². The van der Waals surface area contributed by atoms with Crippen molar-refractivity contribution in [1.29, 1.82) is 0 Å². The molecule has 17 heavy (non-hydrogen) atoms. The van der Waals surface area contributed by atoms with E-state index in [1.807, 2.05) is 29.8 Å². The van der Waals surface area contributed by atoms with Gasteiger partial charge in [-0.25, -0.2) is 9.97 Å². The molecule has 0 saturated heterocycles. The second-order valence-electron chi connectivity index (χ2n) is 4.10. The summed E-state index contributed by atoms with van der Waals surface area (Å²) in [4.78, 5) is 8.81. The molecule has 90 valence electrons. The molecule has 0 aliphatic carbocycles. The van der Waals surface area contributed by atoms with Crippen molar-refractivity contribution in [1.82, 2.24) is 14.5 Å². The molecule has 0 amide bonds. The highest BCUT2D eigenvalue weighted by Gasteiger charge is 2.06. The highest BCUT2D eigenvalue weighted by atomic mass is 16.3. The van der Waals surface area contributed by atoms with Crippen molar-refractivity contribution in [2.24, 2.45) is 0 Å². The van der Waals surface area contributed by atoms with Crippen LogP contribution < -0.4 is 0 Å². The number of aliphatic hydroxyl groups is 1. The Kier molecular flexibility index (Phi) is 3.54. The Morgan fingerprint density at radius 2 is 2.18 bits per heavy atom. The van der Waals surface area contributed by atoms with Crippen LogP contribution in [-0.2, 0) is 13.0 Å². The maximum atomic E-state index is 9.20. The predicted molar refractivity (Wildman–Crippen MR) is 66.0 cm³/mol. The van der Waals surface area contributed by atoms with Gasteiger partial charge in [0, 0.05) is 24.5 Å². The van der Waals surface area contributed by atoms with Crippen LogP contribution in [0.3, 0.4) is 0 Å². The van der Waals surface area contributed by atoms with E-state index in [2.05, 4.69) is 16.9 Å². The molecule has 1 N–H and O–H groups in total. The van der Waals surface area contributed by atoms with Gasteiger partial charge in [0.1, 0.15) is 11.6 Å². The zero-order valence-corrected chi connectivity index (χ0v) is 10.2. The lowest BCUT2D eigenvalue weighted by Crippen LogP contribution is -2.04. The first-order valence-corrected chi connectivity index (χ1v) is 5.85. The topological polar surface area (TPSA) is 50.9 Å². The third-order valence-corrected chi connectivity index (χ3v) is 2.62. The molecular weight excluding hydrogens is 214 g/mol. The zero-order chi connectivity index (χ0) is 12.3. The third-order valence-electron chi connectivity index (χ3n) is 2.62. The standard InChI is InChI=1S/C13H17N3O/c1-3-4-12-14-5-6-16(12)13-8-11(9-17)7-10(2)15-13/h5-8,17H,3-4,9H2,1-2H3. The van der Waals surface area contributed by atoms with E-state index in [0.717, 1.165) is 35.7 Å². The van der Waals surface area contributed by atoms with Crippen molar-refractivity contribution in [3.05, 3.63) is 41.6 Å². The summed E-state index contributed by atoms with van der Waals surface area (Å²) in [6, 6.07) is 3.79. The Hall–Kier alpha value is -1.68. The summed E-state index contributed by atoms with van der Waals surface area (Å²) in [5.41, 5.74) is 1.78. The molecule has 2 aromatic heterocycles. The van der Waals surface area contributed by atoms with Gasteiger partial charge in [-0.2, -0.15) is 0 Å². The first kappa shape index (κ1) is 11.8. The van der Waals surface area contributed by atoms with Crippen molar-refractivity contribution >= 4 is 0 Å². The Balaban J connectivity index is 2.44. The van der Waals surface area contributed by atoms with E-state index in [1.54, 1.807) is 6.20 Å². The van der Waals surface area contributed by atoms with Gasteiger partial charge >= 0.3 is 0 Å². The molecule has 0 spiro atoms. The van der Waals surface area contributed by atoms with Crippen LogP contribution in [0.25, 0.3) is 5.82 Å². The zero-order valence-electron chi connectivity index (χ0n) is 10.2. The van der Waals surface area contributed by atoms with E-state index < -0.39 is 0 Å². The molecule has 2 heterocycles.